The second-order valence-corrected chi connectivity index (χ2v) is 8.15. The van der Waals surface area contributed by atoms with E-state index in [2.05, 4.69) is 15.9 Å². The van der Waals surface area contributed by atoms with E-state index in [4.69, 9.17) is 11.6 Å². The number of carbonyl (C=O) groups excluding carboxylic acids is 1. The van der Waals surface area contributed by atoms with Crippen LogP contribution in [0.5, 0.6) is 0 Å². The number of piperazine rings is 1. The van der Waals surface area contributed by atoms with Crippen molar-refractivity contribution in [1.29, 1.82) is 0 Å². The molecule has 0 radical (unpaired) electrons. The number of hydrogen-bond acceptors (Lipinski definition) is 2. The first kappa shape index (κ1) is 16.4. The van der Waals surface area contributed by atoms with Gasteiger partial charge in [0, 0.05) is 37.2 Å². The average Bonchev–Trinajstić information content (AvgIpc) is 3.08. The molecule has 1 aromatic rings. The maximum Gasteiger partial charge on any atom is 0.233 e. The fourth-order valence-electron chi connectivity index (χ4n) is 4.80. The molecule has 130 valence electrons. The summed E-state index contributed by atoms with van der Waals surface area (Å²) in [7, 11) is 0. The summed E-state index contributed by atoms with van der Waals surface area (Å²) < 4.78 is 0. The molecule has 3 aliphatic rings. The summed E-state index contributed by atoms with van der Waals surface area (Å²) in [6.07, 6.45) is 8.52. The minimum Gasteiger partial charge on any atom is -0.339 e. The molecule has 0 bridgehead atoms. The van der Waals surface area contributed by atoms with Crippen LogP contribution in [-0.4, -0.2) is 47.9 Å². The van der Waals surface area contributed by atoms with E-state index in [1.54, 1.807) is 0 Å². The third-order valence-electron chi connectivity index (χ3n) is 6.44. The molecule has 2 saturated carbocycles. The third-order valence-corrected chi connectivity index (χ3v) is 6.67. The molecule has 4 heteroatoms. The summed E-state index contributed by atoms with van der Waals surface area (Å²) in [6.45, 7) is 3.86. The minimum absolute atomic E-state index is 0.305. The van der Waals surface area contributed by atoms with E-state index in [0.29, 0.717) is 5.91 Å². The lowest BCUT2D eigenvalue weighted by Gasteiger charge is -2.46. The van der Waals surface area contributed by atoms with Crippen molar-refractivity contribution < 1.29 is 4.79 Å². The van der Waals surface area contributed by atoms with Gasteiger partial charge in [0.05, 0.1) is 5.41 Å². The molecule has 24 heavy (non-hydrogen) atoms. The molecular weight excluding hydrogens is 320 g/mol. The van der Waals surface area contributed by atoms with Crippen LogP contribution in [0.1, 0.15) is 50.5 Å². The second-order valence-electron chi connectivity index (χ2n) is 7.71. The van der Waals surface area contributed by atoms with E-state index in [-0.39, 0.29) is 5.41 Å². The Morgan fingerprint density at radius 3 is 2.33 bits per heavy atom. The molecule has 3 nitrogen and oxygen atoms in total. The zero-order valence-corrected chi connectivity index (χ0v) is 15.1. The lowest BCUT2D eigenvalue weighted by molar-refractivity contribution is -0.143. The van der Waals surface area contributed by atoms with Crippen molar-refractivity contribution in [3.05, 3.63) is 34.9 Å². The molecule has 1 heterocycles. The normalized spacial score (nSPS) is 24.8. The van der Waals surface area contributed by atoms with Crippen molar-refractivity contribution in [3.8, 4) is 0 Å². The first-order valence-electron chi connectivity index (χ1n) is 9.48. The Kier molecular flexibility index (Phi) is 4.57. The van der Waals surface area contributed by atoms with E-state index in [9.17, 15) is 4.79 Å². The van der Waals surface area contributed by atoms with Crippen LogP contribution in [0.15, 0.2) is 24.3 Å². The van der Waals surface area contributed by atoms with Crippen molar-refractivity contribution in [3.63, 3.8) is 0 Å². The standard InChI is InChI=1S/C20H27ClN2O/c21-17-6-3-5-16(15-17)20(9-4-10-20)19(24)23-13-11-22(12-14-23)18-7-1-2-8-18/h3,5-6,15,18H,1-2,4,7-14H2. The molecule has 1 amide bonds. The van der Waals surface area contributed by atoms with Crippen LogP contribution >= 0.6 is 11.6 Å². The van der Waals surface area contributed by atoms with E-state index in [0.717, 1.165) is 62.1 Å². The summed E-state index contributed by atoms with van der Waals surface area (Å²) in [5.41, 5.74) is 0.810. The molecule has 1 aliphatic heterocycles. The molecule has 0 atom stereocenters. The molecule has 1 aromatic carbocycles. The van der Waals surface area contributed by atoms with Crippen molar-refractivity contribution in [2.45, 2.75) is 56.4 Å². The molecular formula is C20H27ClN2O. The molecule has 1 saturated heterocycles. The van der Waals surface area contributed by atoms with E-state index in [1.165, 1.54) is 25.7 Å². The SMILES string of the molecule is O=C(N1CCN(C2CCCC2)CC1)C1(c2cccc(Cl)c2)CCC1. The lowest BCUT2D eigenvalue weighted by Crippen LogP contribution is -2.57. The molecule has 0 N–H and O–H groups in total. The van der Waals surface area contributed by atoms with Gasteiger partial charge in [-0.1, -0.05) is 43.0 Å². The monoisotopic (exact) mass is 346 g/mol. The highest BCUT2D eigenvalue weighted by atomic mass is 35.5. The number of rotatable bonds is 3. The zero-order valence-electron chi connectivity index (χ0n) is 14.3. The van der Waals surface area contributed by atoms with Gasteiger partial charge in [0.15, 0.2) is 0 Å². The molecule has 3 fully saturated rings. The van der Waals surface area contributed by atoms with Gasteiger partial charge in [-0.05, 0) is 43.4 Å². The van der Waals surface area contributed by atoms with Gasteiger partial charge in [-0.25, -0.2) is 0 Å². The lowest BCUT2D eigenvalue weighted by atomic mass is 9.63. The van der Waals surface area contributed by atoms with Gasteiger partial charge in [0.25, 0.3) is 0 Å². The quantitative estimate of drug-likeness (QED) is 0.830. The Morgan fingerprint density at radius 1 is 1.04 bits per heavy atom. The average molecular weight is 347 g/mol. The van der Waals surface area contributed by atoms with Crippen LogP contribution in [0.3, 0.4) is 0 Å². The number of amides is 1. The number of carbonyl (C=O) groups is 1. The summed E-state index contributed by atoms with van der Waals surface area (Å²) in [5, 5.41) is 0.734. The first-order chi connectivity index (χ1) is 11.7. The Balaban J connectivity index is 1.45. The van der Waals surface area contributed by atoms with Gasteiger partial charge in [-0.3, -0.25) is 9.69 Å². The summed E-state index contributed by atoms with van der Waals surface area (Å²) in [6, 6.07) is 8.71. The van der Waals surface area contributed by atoms with E-state index in [1.807, 2.05) is 18.2 Å². The highest BCUT2D eigenvalue weighted by Gasteiger charge is 2.48. The molecule has 0 unspecified atom stereocenters. The number of nitrogens with zero attached hydrogens (tertiary/aromatic N) is 2. The predicted molar refractivity (Wildman–Crippen MR) is 97.4 cm³/mol. The molecule has 0 spiro atoms. The Morgan fingerprint density at radius 2 is 1.75 bits per heavy atom. The van der Waals surface area contributed by atoms with Crippen molar-refractivity contribution in [2.24, 2.45) is 0 Å². The summed E-state index contributed by atoms with van der Waals surface area (Å²) in [5.74, 6) is 0.335. The summed E-state index contributed by atoms with van der Waals surface area (Å²) >= 11 is 6.18. The fourth-order valence-corrected chi connectivity index (χ4v) is 5.00. The number of benzene rings is 1. The van der Waals surface area contributed by atoms with Crippen LogP contribution in [0.2, 0.25) is 5.02 Å². The van der Waals surface area contributed by atoms with Crippen molar-refractivity contribution >= 4 is 17.5 Å². The molecule has 0 aromatic heterocycles. The second kappa shape index (κ2) is 6.68. The number of halogens is 1. The largest absolute Gasteiger partial charge is 0.339 e. The van der Waals surface area contributed by atoms with Gasteiger partial charge in [-0.15, -0.1) is 0 Å². The maximum absolute atomic E-state index is 13.3. The molecule has 2 aliphatic carbocycles. The van der Waals surface area contributed by atoms with Crippen LogP contribution in [0.4, 0.5) is 0 Å². The maximum atomic E-state index is 13.3. The van der Waals surface area contributed by atoms with Gasteiger partial charge in [-0.2, -0.15) is 0 Å². The predicted octanol–water partition coefficient (Wildman–Crippen LogP) is 3.85. The van der Waals surface area contributed by atoms with Gasteiger partial charge in [0.2, 0.25) is 5.91 Å². The Hall–Kier alpha value is -1.06. The smallest absolute Gasteiger partial charge is 0.233 e. The van der Waals surface area contributed by atoms with Gasteiger partial charge < -0.3 is 4.90 Å². The fraction of sp³-hybridized carbons (Fsp3) is 0.650. The Labute approximate surface area is 150 Å². The van der Waals surface area contributed by atoms with Crippen LogP contribution in [0, 0.1) is 0 Å². The Bertz CT molecular complexity index is 599. The van der Waals surface area contributed by atoms with Crippen LogP contribution < -0.4 is 0 Å². The van der Waals surface area contributed by atoms with E-state index >= 15 is 0 Å². The van der Waals surface area contributed by atoms with Crippen LogP contribution in [-0.2, 0) is 10.2 Å². The van der Waals surface area contributed by atoms with E-state index < -0.39 is 0 Å². The minimum atomic E-state index is -0.305. The molecule has 4 rings (SSSR count). The van der Waals surface area contributed by atoms with Crippen molar-refractivity contribution in [2.75, 3.05) is 26.2 Å². The highest BCUT2D eigenvalue weighted by molar-refractivity contribution is 6.30. The van der Waals surface area contributed by atoms with Gasteiger partial charge in [0.1, 0.15) is 0 Å². The van der Waals surface area contributed by atoms with Crippen LogP contribution in [0.25, 0.3) is 0 Å². The first-order valence-corrected chi connectivity index (χ1v) is 9.86. The third kappa shape index (κ3) is 2.86. The van der Waals surface area contributed by atoms with Crippen molar-refractivity contribution in [1.82, 2.24) is 9.80 Å². The highest BCUT2D eigenvalue weighted by Crippen LogP contribution is 2.46. The topological polar surface area (TPSA) is 23.6 Å². The summed E-state index contributed by atoms with van der Waals surface area (Å²) in [4.78, 5) is 18.0. The zero-order chi connectivity index (χ0) is 16.6. The number of hydrogen-bond donors (Lipinski definition) is 0. The van der Waals surface area contributed by atoms with Gasteiger partial charge >= 0.3 is 0 Å².